The third kappa shape index (κ3) is 1.20. The zero-order valence-electron chi connectivity index (χ0n) is 4.98. The summed E-state index contributed by atoms with van der Waals surface area (Å²) in [5, 5.41) is 6.78. The van der Waals surface area contributed by atoms with Crippen LogP contribution >= 0.6 is 0 Å². The highest BCUT2D eigenvalue weighted by molar-refractivity contribution is 5.86. The maximum atomic E-state index is 4.76. The molecule has 0 unspecified atom stereocenters. The molecule has 0 atom stereocenters. The fourth-order valence-corrected chi connectivity index (χ4v) is 0.671. The first kappa shape index (κ1) is 5.56. The maximum Gasteiger partial charge on any atom is 0.122 e. The number of rotatable bonds is 2. The molecule has 1 aliphatic rings. The molecule has 1 rings (SSSR count). The van der Waals surface area contributed by atoms with Gasteiger partial charge >= 0.3 is 0 Å². The predicted octanol–water partition coefficient (Wildman–Crippen LogP) is -0.0179. The van der Waals surface area contributed by atoms with Gasteiger partial charge in [-0.15, -0.1) is 0 Å². The normalized spacial score (nSPS) is 17.9. The first-order valence-corrected chi connectivity index (χ1v) is 2.76. The number of nitrogens with zero attached hydrogens (tertiary/aromatic N) is 1. The molecular formula is C5H10N2O. The second-order valence-corrected chi connectivity index (χ2v) is 1.77. The Morgan fingerprint density at radius 3 is 3.25 bits per heavy atom. The van der Waals surface area contributed by atoms with Crippen LogP contribution in [0.4, 0.5) is 0 Å². The Morgan fingerprint density at radius 2 is 2.75 bits per heavy atom. The molecule has 1 N–H and O–H groups in total. The Labute approximate surface area is 48.7 Å². The van der Waals surface area contributed by atoms with Crippen LogP contribution in [0.2, 0.25) is 0 Å². The van der Waals surface area contributed by atoms with Crippen molar-refractivity contribution in [3.63, 3.8) is 0 Å². The van der Waals surface area contributed by atoms with Crippen LogP contribution in [0, 0.1) is 0 Å². The molecule has 3 heteroatoms. The largest absolute Gasteiger partial charge is 0.395 e. The summed E-state index contributed by atoms with van der Waals surface area (Å²) in [5.74, 6) is 0. The van der Waals surface area contributed by atoms with Crippen LogP contribution in [-0.4, -0.2) is 25.9 Å². The molecule has 0 saturated heterocycles. The molecule has 0 aromatic carbocycles. The molecule has 0 spiro atoms. The highest BCUT2D eigenvalue weighted by atomic mass is 16.6. The van der Waals surface area contributed by atoms with Crippen molar-refractivity contribution in [1.82, 2.24) is 5.32 Å². The Balaban J connectivity index is 2.23. The summed E-state index contributed by atoms with van der Waals surface area (Å²) in [6, 6.07) is 0. The summed E-state index contributed by atoms with van der Waals surface area (Å²) >= 11 is 0. The zero-order chi connectivity index (χ0) is 5.82. The first-order valence-electron chi connectivity index (χ1n) is 2.76. The molecule has 46 valence electrons. The Morgan fingerprint density at radius 1 is 1.88 bits per heavy atom. The fraction of sp³-hybridized carbons (Fsp3) is 0.800. The lowest BCUT2D eigenvalue weighted by molar-refractivity contribution is 0.173. The van der Waals surface area contributed by atoms with Crippen molar-refractivity contribution in [2.45, 2.75) is 6.42 Å². The van der Waals surface area contributed by atoms with Gasteiger partial charge < -0.3 is 10.2 Å². The smallest absolute Gasteiger partial charge is 0.122 e. The quantitative estimate of drug-likeness (QED) is 0.547. The van der Waals surface area contributed by atoms with Crippen molar-refractivity contribution < 1.29 is 4.84 Å². The summed E-state index contributed by atoms with van der Waals surface area (Å²) in [4.78, 5) is 4.76. The van der Waals surface area contributed by atoms with Gasteiger partial charge in [-0.3, -0.25) is 0 Å². The van der Waals surface area contributed by atoms with E-state index in [1.54, 1.807) is 0 Å². The van der Waals surface area contributed by atoms with E-state index < -0.39 is 0 Å². The van der Waals surface area contributed by atoms with E-state index >= 15 is 0 Å². The average molecular weight is 114 g/mol. The topological polar surface area (TPSA) is 33.6 Å². The summed E-state index contributed by atoms with van der Waals surface area (Å²) in [7, 11) is 1.90. The molecular weight excluding hydrogens is 104 g/mol. The van der Waals surface area contributed by atoms with Crippen molar-refractivity contribution in [2.75, 3.05) is 20.2 Å². The zero-order valence-corrected chi connectivity index (χ0v) is 4.98. The Hall–Kier alpha value is -0.570. The molecule has 0 fully saturated rings. The minimum Gasteiger partial charge on any atom is -0.395 e. The van der Waals surface area contributed by atoms with Crippen LogP contribution in [-0.2, 0) is 4.84 Å². The van der Waals surface area contributed by atoms with Crippen LogP contribution < -0.4 is 5.32 Å². The molecule has 3 nitrogen and oxygen atoms in total. The van der Waals surface area contributed by atoms with Gasteiger partial charge in [0.2, 0.25) is 0 Å². The monoisotopic (exact) mass is 114 g/mol. The van der Waals surface area contributed by atoms with E-state index in [1.165, 1.54) is 0 Å². The lowest BCUT2D eigenvalue weighted by Crippen LogP contribution is -2.16. The van der Waals surface area contributed by atoms with E-state index in [0.29, 0.717) is 0 Å². The van der Waals surface area contributed by atoms with Crippen molar-refractivity contribution >= 4 is 5.71 Å². The number of nitrogens with one attached hydrogen (secondary N) is 1. The first-order chi connectivity index (χ1) is 3.93. The molecule has 0 saturated carbocycles. The van der Waals surface area contributed by atoms with E-state index in [9.17, 15) is 0 Å². The average Bonchev–Trinajstić information content (AvgIpc) is 2.19. The molecule has 0 aromatic rings. The second kappa shape index (κ2) is 2.67. The van der Waals surface area contributed by atoms with Crippen molar-refractivity contribution in [1.29, 1.82) is 0 Å². The van der Waals surface area contributed by atoms with Gasteiger partial charge in [0.05, 0.1) is 5.71 Å². The van der Waals surface area contributed by atoms with E-state index in [1.807, 2.05) is 7.05 Å². The Bertz CT molecular complexity index is 101. The van der Waals surface area contributed by atoms with Crippen LogP contribution in [0.1, 0.15) is 6.42 Å². The van der Waals surface area contributed by atoms with E-state index in [4.69, 9.17) is 4.84 Å². The van der Waals surface area contributed by atoms with Gasteiger partial charge in [-0.1, -0.05) is 5.16 Å². The highest BCUT2D eigenvalue weighted by Crippen LogP contribution is 1.97. The van der Waals surface area contributed by atoms with Crippen molar-refractivity contribution in [2.24, 2.45) is 5.16 Å². The third-order valence-corrected chi connectivity index (χ3v) is 1.06. The van der Waals surface area contributed by atoms with Gasteiger partial charge in [-0.05, 0) is 7.05 Å². The van der Waals surface area contributed by atoms with E-state index in [0.717, 1.165) is 25.3 Å². The number of oxime groups is 1. The summed E-state index contributed by atoms with van der Waals surface area (Å²) in [6.45, 7) is 1.62. The lowest BCUT2D eigenvalue weighted by atomic mass is 10.3. The number of hydrogen-bond donors (Lipinski definition) is 1. The van der Waals surface area contributed by atoms with Crippen LogP contribution in [0.3, 0.4) is 0 Å². The molecule has 8 heavy (non-hydrogen) atoms. The van der Waals surface area contributed by atoms with E-state index in [2.05, 4.69) is 10.5 Å². The molecule has 1 aliphatic heterocycles. The van der Waals surface area contributed by atoms with E-state index in [-0.39, 0.29) is 0 Å². The minimum absolute atomic E-state index is 0.761. The summed E-state index contributed by atoms with van der Waals surface area (Å²) < 4.78 is 0. The van der Waals surface area contributed by atoms with Crippen LogP contribution in [0.5, 0.6) is 0 Å². The summed E-state index contributed by atoms with van der Waals surface area (Å²) in [6.07, 6.45) is 0.987. The lowest BCUT2D eigenvalue weighted by Gasteiger charge is -1.90. The molecule has 0 bridgehead atoms. The molecule has 0 radical (unpaired) electrons. The van der Waals surface area contributed by atoms with Gasteiger partial charge in [0.1, 0.15) is 6.61 Å². The molecule has 0 amide bonds. The van der Waals surface area contributed by atoms with Crippen LogP contribution in [0.25, 0.3) is 0 Å². The SMILES string of the molecule is CNCC1=NOCC1. The summed E-state index contributed by atoms with van der Waals surface area (Å²) in [5.41, 5.74) is 1.12. The van der Waals surface area contributed by atoms with Gasteiger partial charge in [0, 0.05) is 13.0 Å². The van der Waals surface area contributed by atoms with Crippen LogP contribution in [0.15, 0.2) is 5.16 Å². The minimum atomic E-state index is 0.761. The second-order valence-electron chi connectivity index (χ2n) is 1.77. The van der Waals surface area contributed by atoms with Gasteiger partial charge in [0.15, 0.2) is 0 Å². The van der Waals surface area contributed by atoms with Gasteiger partial charge in [0.25, 0.3) is 0 Å². The van der Waals surface area contributed by atoms with Crippen molar-refractivity contribution in [3.05, 3.63) is 0 Å². The molecule has 1 heterocycles. The molecule has 0 aliphatic carbocycles. The standard InChI is InChI=1S/C5H10N2O/c1-6-4-5-2-3-8-7-5/h6H,2-4H2,1H3. The Kier molecular flexibility index (Phi) is 1.86. The van der Waals surface area contributed by atoms with Crippen molar-refractivity contribution in [3.8, 4) is 0 Å². The highest BCUT2D eigenvalue weighted by Gasteiger charge is 2.04. The predicted molar refractivity (Wildman–Crippen MR) is 31.9 cm³/mol. The number of hydrogen-bond acceptors (Lipinski definition) is 3. The van der Waals surface area contributed by atoms with Gasteiger partial charge in [-0.2, -0.15) is 0 Å². The third-order valence-electron chi connectivity index (χ3n) is 1.06. The maximum absolute atomic E-state index is 4.76. The molecule has 0 aromatic heterocycles. The van der Waals surface area contributed by atoms with Gasteiger partial charge in [-0.25, -0.2) is 0 Å². The fourth-order valence-electron chi connectivity index (χ4n) is 0.671.